The van der Waals surface area contributed by atoms with Gasteiger partial charge < -0.3 is 14.6 Å². The molecule has 0 radical (unpaired) electrons. The molecule has 3 rings (SSSR count). The number of morpholine rings is 1. The van der Waals surface area contributed by atoms with Gasteiger partial charge in [-0.05, 0) is 12.1 Å². The minimum Gasteiger partial charge on any atom is -0.492 e. The molecule has 2 fully saturated rings. The Labute approximate surface area is 160 Å². The van der Waals surface area contributed by atoms with Gasteiger partial charge in [0, 0.05) is 18.7 Å². The average Bonchev–Trinajstić information content (AvgIpc) is 2.90. The van der Waals surface area contributed by atoms with Crippen LogP contribution in [-0.4, -0.2) is 64.2 Å². The van der Waals surface area contributed by atoms with Crippen LogP contribution in [0.2, 0.25) is 0 Å². The number of hydrogen-bond acceptors (Lipinski definition) is 7. The molecule has 1 aromatic carbocycles. The molecule has 0 aliphatic carbocycles. The fourth-order valence-corrected chi connectivity index (χ4v) is 3.88. The van der Waals surface area contributed by atoms with Crippen molar-refractivity contribution in [1.29, 1.82) is 0 Å². The molecule has 2 aliphatic rings. The Kier molecular flexibility index (Phi) is 6.25. The Morgan fingerprint density at radius 3 is 2.81 bits per heavy atom. The summed E-state index contributed by atoms with van der Waals surface area (Å²) in [6.07, 6.45) is 1.64. The Hall–Kier alpha value is -1.94. The maximum atomic E-state index is 12.8. The van der Waals surface area contributed by atoms with Gasteiger partial charge >= 0.3 is 5.97 Å². The van der Waals surface area contributed by atoms with E-state index < -0.39 is 5.97 Å². The van der Waals surface area contributed by atoms with Crippen LogP contribution in [-0.2, 0) is 14.3 Å². The molecular weight excluding hydrogens is 376 g/mol. The van der Waals surface area contributed by atoms with E-state index in [1.54, 1.807) is 18.2 Å². The lowest BCUT2D eigenvalue weighted by Crippen LogP contribution is -2.50. The first kappa shape index (κ1) is 18.8. The van der Waals surface area contributed by atoms with Gasteiger partial charge in [-0.15, -0.1) is 0 Å². The smallest absolute Gasteiger partial charge is 0.306 e. The Balaban J connectivity index is 1.76. The van der Waals surface area contributed by atoms with Gasteiger partial charge in [0.1, 0.15) is 5.75 Å². The number of aliphatic carboxylic acids is 1. The van der Waals surface area contributed by atoms with Crippen molar-refractivity contribution in [3.05, 3.63) is 34.7 Å². The average molecular weight is 394 g/mol. The summed E-state index contributed by atoms with van der Waals surface area (Å²) in [5, 5.41) is 12.2. The molecule has 2 saturated heterocycles. The van der Waals surface area contributed by atoms with Crippen LogP contribution in [0, 0.1) is 0 Å². The minimum atomic E-state index is -0.922. The second kappa shape index (κ2) is 8.63. The van der Waals surface area contributed by atoms with Crippen LogP contribution in [0.1, 0.15) is 12.0 Å². The van der Waals surface area contributed by atoms with Gasteiger partial charge in [0.05, 0.1) is 31.1 Å². The summed E-state index contributed by atoms with van der Waals surface area (Å²) in [5.41, 5.74) is 0.709. The number of thioether (sulfide) groups is 1. The van der Waals surface area contributed by atoms with Crippen LogP contribution in [0.4, 0.5) is 0 Å². The Morgan fingerprint density at radius 1 is 1.35 bits per heavy atom. The van der Waals surface area contributed by atoms with Crippen molar-refractivity contribution in [2.24, 2.45) is 0 Å². The standard InChI is InChI=1S/C17H18N2O5S2/c20-15(21)5-8-24-13-4-2-1-3-12(13)11-14-16(22)19(17(25)26-14)18-6-9-23-10-7-18/h1-4,11H,5-10H2,(H,20,21)/b14-11+. The number of hydrazine groups is 1. The van der Waals surface area contributed by atoms with Crippen molar-refractivity contribution in [3.63, 3.8) is 0 Å². The summed E-state index contributed by atoms with van der Waals surface area (Å²) in [4.78, 5) is 23.9. The van der Waals surface area contributed by atoms with Crippen molar-refractivity contribution in [1.82, 2.24) is 10.0 Å². The van der Waals surface area contributed by atoms with Crippen LogP contribution in [0.15, 0.2) is 29.2 Å². The topological polar surface area (TPSA) is 79.3 Å². The summed E-state index contributed by atoms with van der Waals surface area (Å²) >= 11 is 6.62. The number of nitrogens with zero attached hydrogens (tertiary/aromatic N) is 2. The highest BCUT2D eigenvalue weighted by Crippen LogP contribution is 2.35. The summed E-state index contributed by atoms with van der Waals surface area (Å²) < 4.78 is 11.4. The SMILES string of the molecule is O=C(O)CCOc1ccccc1/C=C1/SC(=S)N(N2CCOCC2)C1=O. The highest BCUT2D eigenvalue weighted by Gasteiger charge is 2.37. The molecule has 138 valence electrons. The van der Waals surface area contributed by atoms with Gasteiger partial charge in [-0.1, -0.05) is 42.2 Å². The molecule has 1 N–H and O–H groups in total. The van der Waals surface area contributed by atoms with Crippen LogP contribution >= 0.6 is 24.0 Å². The summed E-state index contributed by atoms with van der Waals surface area (Å²) in [6, 6.07) is 7.19. The molecule has 0 atom stereocenters. The molecule has 7 nitrogen and oxygen atoms in total. The third-order valence-corrected chi connectivity index (χ3v) is 5.11. The van der Waals surface area contributed by atoms with Crippen molar-refractivity contribution in [2.45, 2.75) is 6.42 Å². The number of carbonyl (C=O) groups is 2. The van der Waals surface area contributed by atoms with E-state index in [0.29, 0.717) is 46.8 Å². The number of thiocarbonyl (C=S) groups is 1. The second-order valence-corrected chi connectivity index (χ2v) is 7.27. The maximum absolute atomic E-state index is 12.8. The molecule has 9 heteroatoms. The summed E-state index contributed by atoms with van der Waals surface area (Å²) in [6.45, 7) is 2.44. The van der Waals surface area contributed by atoms with E-state index in [0.717, 1.165) is 0 Å². The predicted molar refractivity (Wildman–Crippen MR) is 102 cm³/mol. The Morgan fingerprint density at radius 2 is 2.08 bits per heavy atom. The van der Waals surface area contributed by atoms with Gasteiger partial charge in [0.2, 0.25) is 0 Å². The summed E-state index contributed by atoms with van der Waals surface area (Å²) in [7, 11) is 0. The molecule has 0 bridgehead atoms. The number of carboxylic acid groups (broad SMARTS) is 1. The first-order chi connectivity index (χ1) is 12.6. The van der Waals surface area contributed by atoms with Crippen LogP contribution in [0.3, 0.4) is 0 Å². The fraction of sp³-hybridized carbons (Fsp3) is 0.353. The molecule has 0 spiro atoms. The van der Waals surface area contributed by atoms with Gasteiger partial charge in [0.15, 0.2) is 4.32 Å². The molecule has 0 saturated carbocycles. The van der Waals surface area contributed by atoms with Gasteiger partial charge in [0.25, 0.3) is 5.91 Å². The zero-order chi connectivity index (χ0) is 18.5. The van der Waals surface area contributed by atoms with Crippen molar-refractivity contribution >= 4 is 46.3 Å². The first-order valence-electron chi connectivity index (χ1n) is 8.10. The lowest BCUT2D eigenvalue weighted by molar-refractivity contribution is -0.138. The van der Waals surface area contributed by atoms with Gasteiger partial charge in [-0.3, -0.25) is 9.59 Å². The maximum Gasteiger partial charge on any atom is 0.306 e. The van der Waals surface area contributed by atoms with Gasteiger partial charge in [-0.25, -0.2) is 10.0 Å². The molecule has 1 amide bonds. The molecule has 2 heterocycles. The number of amides is 1. The highest BCUT2D eigenvalue weighted by molar-refractivity contribution is 8.26. The van der Waals surface area contributed by atoms with E-state index in [1.807, 2.05) is 17.1 Å². The van der Waals surface area contributed by atoms with Crippen LogP contribution in [0.5, 0.6) is 5.75 Å². The zero-order valence-electron chi connectivity index (χ0n) is 13.9. The lowest BCUT2D eigenvalue weighted by atomic mass is 10.2. The lowest BCUT2D eigenvalue weighted by Gasteiger charge is -2.33. The number of ether oxygens (including phenoxy) is 2. The van der Waals surface area contributed by atoms with Crippen LogP contribution < -0.4 is 4.74 Å². The number of carboxylic acids is 1. The van der Waals surface area contributed by atoms with E-state index in [-0.39, 0.29) is 18.9 Å². The first-order valence-corrected chi connectivity index (χ1v) is 9.33. The predicted octanol–water partition coefficient (Wildman–Crippen LogP) is 1.99. The molecule has 2 aliphatic heterocycles. The van der Waals surface area contributed by atoms with E-state index in [9.17, 15) is 9.59 Å². The number of benzene rings is 1. The minimum absolute atomic E-state index is 0.0644. The number of hydrogen-bond donors (Lipinski definition) is 1. The molecule has 26 heavy (non-hydrogen) atoms. The van der Waals surface area contributed by atoms with Gasteiger partial charge in [-0.2, -0.15) is 0 Å². The van der Waals surface area contributed by atoms with E-state index in [2.05, 4.69) is 0 Å². The molecule has 1 aromatic rings. The monoisotopic (exact) mass is 394 g/mol. The molecule has 0 aromatic heterocycles. The quantitative estimate of drug-likeness (QED) is 0.580. The number of para-hydroxylation sites is 1. The zero-order valence-corrected chi connectivity index (χ0v) is 15.6. The highest BCUT2D eigenvalue weighted by atomic mass is 32.2. The number of rotatable bonds is 6. The van der Waals surface area contributed by atoms with Crippen molar-refractivity contribution < 1.29 is 24.2 Å². The third kappa shape index (κ3) is 4.42. The van der Waals surface area contributed by atoms with E-state index >= 15 is 0 Å². The molecule has 0 unspecified atom stereocenters. The second-order valence-electron chi connectivity index (χ2n) is 5.59. The van der Waals surface area contributed by atoms with Crippen molar-refractivity contribution in [3.8, 4) is 5.75 Å². The number of carbonyl (C=O) groups excluding carboxylic acids is 1. The van der Waals surface area contributed by atoms with Crippen molar-refractivity contribution in [2.75, 3.05) is 32.9 Å². The van der Waals surface area contributed by atoms with E-state index in [1.165, 1.54) is 16.8 Å². The third-order valence-electron chi connectivity index (χ3n) is 3.82. The summed E-state index contributed by atoms with van der Waals surface area (Å²) in [5.74, 6) is -0.554. The van der Waals surface area contributed by atoms with E-state index in [4.69, 9.17) is 26.8 Å². The normalized spacial score (nSPS) is 20.0. The fourth-order valence-electron chi connectivity index (χ4n) is 2.58. The largest absolute Gasteiger partial charge is 0.492 e. The Bertz CT molecular complexity index is 746. The molecular formula is C17H18N2O5S2. The van der Waals surface area contributed by atoms with Crippen LogP contribution in [0.25, 0.3) is 6.08 Å².